The number of benzene rings is 3. The summed E-state index contributed by atoms with van der Waals surface area (Å²) in [6.45, 7) is -0.0237. The van der Waals surface area contributed by atoms with Gasteiger partial charge < -0.3 is 19.7 Å². The molecule has 4 aromatic rings. The average Bonchev–Trinajstić information content (AvgIpc) is 3.19. The number of H-pyrrole nitrogens is 1. The van der Waals surface area contributed by atoms with Gasteiger partial charge in [-0.15, -0.1) is 0 Å². The molecule has 7 nitrogen and oxygen atoms in total. The van der Waals surface area contributed by atoms with Crippen molar-refractivity contribution < 1.29 is 19.7 Å². The van der Waals surface area contributed by atoms with E-state index in [0.717, 1.165) is 16.7 Å². The van der Waals surface area contributed by atoms with Crippen LogP contribution >= 0.6 is 12.2 Å². The molecule has 0 radical (unpaired) electrons. The maximum absolute atomic E-state index is 11.6. The molecule has 1 aliphatic rings. The smallest absolute Gasteiger partial charge is 0.251 e. The van der Waals surface area contributed by atoms with E-state index >= 15 is 0 Å². The van der Waals surface area contributed by atoms with Crippen LogP contribution in [0.1, 0.15) is 22.9 Å². The van der Waals surface area contributed by atoms with Gasteiger partial charge in [-0.05, 0) is 28.9 Å². The number of nitrogens with one attached hydrogen (secondary N) is 1. The Hall–Kier alpha value is -3.40. The summed E-state index contributed by atoms with van der Waals surface area (Å²) in [6, 6.07) is 30.9. The summed E-state index contributed by atoms with van der Waals surface area (Å²) in [5.41, 5.74) is 1.38. The minimum absolute atomic E-state index is 0.0237. The zero-order chi connectivity index (χ0) is 25.1. The molecule has 8 heteroatoms. The Morgan fingerprint density at radius 1 is 0.833 bits per heavy atom. The summed E-state index contributed by atoms with van der Waals surface area (Å²) in [6.07, 6.45) is -2.89. The van der Waals surface area contributed by atoms with Crippen molar-refractivity contribution in [3.8, 4) is 0 Å². The fourth-order valence-corrected chi connectivity index (χ4v) is 4.97. The van der Waals surface area contributed by atoms with Crippen LogP contribution in [0.4, 0.5) is 0 Å². The molecule has 3 aromatic carbocycles. The summed E-state index contributed by atoms with van der Waals surface area (Å²) in [7, 11) is 0. The number of aliphatic hydroxyl groups excluding tert-OH is 2. The van der Waals surface area contributed by atoms with E-state index in [-0.39, 0.29) is 16.9 Å². The van der Waals surface area contributed by atoms with E-state index in [1.54, 1.807) is 0 Å². The molecule has 0 spiro atoms. The van der Waals surface area contributed by atoms with Crippen molar-refractivity contribution in [3.05, 3.63) is 135 Å². The zero-order valence-electron chi connectivity index (χ0n) is 19.3. The summed E-state index contributed by atoms with van der Waals surface area (Å²) in [4.78, 5) is 14.1. The van der Waals surface area contributed by atoms with Crippen molar-refractivity contribution in [3.63, 3.8) is 0 Å². The number of hydrogen-bond donors (Lipinski definition) is 3. The molecule has 0 aliphatic carbocycles. The molecule has 2 heterocycles. The number of rotatable bonds is 7. The second-order valence-corrected chi connectivity index (χ2v) is 9.04. The Morgan fingerprint density at radius 2 is 1.33 bits per heavy atom. The van der Waals surface area contributed by atoms with Crippen LogP contribution in [0.15, 0.2) is 108 Å². The largest absolute Gasteiger partial charge is 0.387 e. The maximum Gasteiger partial charge on any atom is 0.251 e. The summed E-state index contributed by atoms with van der Waals surface area (Å²) in [5, 5.41) is 21.6. The van der Waals surface area contributed by atoms with E-state index in [2.05, 4.69) is 4.98 Å². The average molecular weight is 503 g/mol. The summed E-state index contributed by atoms with van der Waals surface area (Å²) in [5.74, 6) is 0. The summed E-state index contributed by atoms with van der Waals surface area (Å²) >= 11 is 5.23. The predicted octanol–water partition coefficient (Wildman–Crippen LogP) is 3.53. The van der Waals surface area contributed by atoms with Gasteiger partial charge in [0.25, 0.3) is 5.56 Å². The normalized spacial score (nSPS) is 21.9. The first-order valence-corrected chi connectivity index (χ1v) is 12.0. The Labute approximate surface area is 213 Å². The van der Waals surface area contributed by atoms with Crippen LogP contribution in [-0.4, -0.2) is 44.7 Å². The molecule has 0 bridgehead atoms. The van der Waals surface area contributed by atoms with Crippen LogP contribution in [0.2, 0.25) is 0 Å². The first-order valence-electron chi connectivity index (χ1n) is 11.6. The quantitative estimate of drug-likeness (QED) is 0.264. The topological polar surface area (TPSA) is 96.7 Å². The van der Waals surface area contributed by atoms with Gasteiger partial charge in [0.15, 0.2) is 11.0 Å². The minimum atomic E-state index is -1.27. The van der Waals surface area contributed by atoms with Gasteiger partial charge in [0.1, 0.15) is 23.9 Å². The van der Waals surface area contributed by atoms with E-state index in [4.69, 9.17) is 21.7 Å². The van der Waals surface area contributed by atoms with Crippen molar-refractivity contribution in [2.24, 2.45) is 0 Å². The van der Waals surface area contributed by atoms with Gasteiger partial charge in [-0.3, -0.25) is 14.3 Å². The van der Waals surface area contributed by atoms with Gasteiger partial charge in [0.05, 0.1) is 6.61 Å². The monoisotopic (exact) mass is 502 g/mol. The van der Waals surface area contributed by atoms with Crippen molar-refractivity contribution in [1.29, 1.82) is 0 Å². The Kier molecular flexibility index (Phi) is 6.95. The van der Waals surface area contributed by atoms with Gasteiger partial charge in [-0.1, -0.05) is 91.0 Å². The lowest BCUT2D eigenvalue weighted by atomic mass is 9.80. The molecule has 36 heavy (non-hydrogen) atoms. The lowest BCUT2D eigenvalue weighted by Crippen LogP contribution is -2.39. The standard InChI is InChI=1S/C28H26N2O5S/c31-23-16-17-30(27(36)29-23)26-25(33)24(32)22(35-26)18-34-28(19-10-4-1-5-11-19,20-12-6-2-7-13-20)21-14-8-3-9-15-21/h1-17,22,24-26,32-33H,18H2,(H,29,31,36)/t22-,24+,25+,26-/m1/s1. The SMILES string of the molecule is O=c1ccn([C@@H]2O[C@H](COC(c3ccccc3)(c3ccccc3)c3ccccc3)[C@H](O)[C@@H]2O)c(=S)[nH]1. The molecule has 1 aromatic heterocycles. The molecule has 3 N–H and O–H groups in total. The molecule has 0 amide bonds. The highest BCUT2D eigenvalue weighted by atomic mass is 32.1. The van der Waals surface area contributed by atoms with Crippen LogP contribution in [-0.2, 0) is 15.1 Å². The van der Waals surface area contributed by atoms with Gasteiger partial charge >= 0.3 is 0 Å². The second kappa shape index (κ2) is 10.3. The number of nitrogens with zero attached hydrogens (tertiary/aromatic N) is 1. The van der Waals surface area contributed by atoms with Gasteiger partial charge in [0, 0.05) is 12.3 Å². The molecular formula is C28H26N2O5S. The highest BCUT2D eigenvalue weighted by molar-refractivity contribution is 7.71. The third-order valence-electron chi connectivity index (χ3n) is 6.47. The van der Waals surface area contributed by atoms with Crippen LogP contribution in [0.3, 0.4) is 0 Å². The first-order chi connectivity index (χ1) is 17.5. The molecule has 1 fully saturated rings. The number of ether oxygens (including phenoxy) is 2. The molecule has 1 aliphatic heterocycles. The highest BCUT2D eigenvalue weighted by Crippen LogP contribution is 2.41. The number of aromatic amines is 1. The van der Waals surface area contributed by atoms with E-state index < -0.39 is 30.1 Å². The molecule has 0 saturated carbocycles. The molecular weight excluding hydrogens is 476 g/mol. The third-order valence-corrected chi connectivity index (χ3v) is 6.78. The van der Waals surface area contributed by atoms with E-state index in [1.807, 2.05) is 91.0 Å². The van der Waals surface area contributed by atoms with Crippen molar-refractivity contribution in [2.75, 3.05) is 6.61 Å². The first kappa shape index (κ1) is 24.3. The lowest BCUT2D eigenvalue weighted by Gasteiger charge is -2.37. The van der Waals surface area contributed by atoms with Crippen molar-refractivity contribution >= 4 is 12.2 Å². The van der Waals surface area contributed by atoms with Crippen LogP contribution in [0, 0.1) is 4.77 Å². The molecule has 0 unspecified atom stereocenters. The van der Waals surface area contributed by atoms with Crippen LogP contribution in [0.25, 0.3) is 0 Å². The predicted molar refractivity (Wildman–Crippen MR) is 137 cm³/mol. The van der Waals surface area contributed by atoms with Crippen molar-refractivity contribution in [2.45, 2.75) is 30.1 Å². The van der Waals surface area contributed by atoms with E-state index in [1.165, 1.54) is 16.8 Å². The van der Waals surface area contributed by atoms with E-state index in [0.29, 0.717) is 0 Å². The zero-order valence-corrected chi connectivity index (χ0v) is 20.1. The molecule has 1 saturated heterocycles. The third kappa shape index (κ3) is 4.45. The minimum Gasteiger partial charge on any atom is -0.387 e. The fourth-order valence-electron chi connectivity index (χ4n) is 4.70. The molecule has 4 atom stereocenters. The number of aliphatic hydroxyl groups is 2. The molecule has 5 rings (SSSR count). The summed E-state index contributed by atoms with van der Waals surface area (Å²) < 4.78 is 14.3. The van der Waals surface area contributed by atoms with Gasteiger partial charge in [-0.25, -0.2) is 0 Å². The van der Waals surface area contributed by atoms with Crippen LogP contribution < -0.4 is 5.56 Å². The Bertz CT molecular complexity index is 1310. The highest BCUT2D eigenvalue weighted by Gasteiger charge is 2.46. The number of aromatic nitrogens is 2. The number of hydrogen-bond acceptors (Lipinski definition) is 6. The van der Waals surface area contributed by atoms with E-state index in [9.17, 15) is 15.0 Å². The second-order valence-electron chi connectivity index (χ2n) is 8.65. The maximum atomic E-state index is 11.6. The fraction of sp³-hybridized carbons (Fsp3) is 0.214. The Balaban J connectivity index is 1.52. The van der Waals surface area contributed by atoms with Gasteiger partial charge in [0.2, 0.25) is 0 Å². The Morgan fingerprint density at radius 3 is 1.81 bits per heavy atom. The molecule has 184 valence electrons. The van der Waals surface area contributed by atoms with Gasteiger partial charge in [-0.2, -0.15) is 0 Å². The van der Waals surface area contributed by atoms with Crippen LogP contribution in [0.5, 0.6) is 0 Å². The van der Waals surface area contributed by atoms with Crippen molar-refractivity contribution in [1.82, 2.24) is 9.55 Å². The lowest BCUT2D eigenvalue weighted by molar-refractivity contribution is -0.0954.